The lowest BCUT2D eigenvalue weighted by Crippen LogP contribution is -2.47. The molecular weight excluding hydrogens is 603 g/mol. The van der Waals surface area contributed by atoms with Crippen LogP contribution in [0.25, 0.3) is 16.9 Å². The van der Waals surface area contributed by atoms with Gasteiger partial charge in [-0.05, 0) is 38.5 Å². The molecule has 2 amide bonds. The lowest BCUT2D eigenvalue weighted by atomic mass is 10.1. The van der Waals surface area contributed by atoms with Gasteiger partial charge in [-0.3, -0.25) is 10.2 Å². The van der Waals surface area contributed by atoms with Crippen LogP contribution in [0.4, 0.5) is 29.6 Å². The van der Waals surface area contributed by atoms with E-state index in [-0.39, 0.29) is 23.2 Å². The highest BCUT2D eigenvalue weighted by molar-refractivity contribution is 7.88. The van der Waals surface area contributed by atoms with E-state index in [1.807, 2.05) is 17.9 Å². The molecule has 13 nitrogen and oxygen atoms in total. The number of nitrogens with zero attached hydrogens (tertiary/aromatic N) is 7. The molecular formula is C27H36F3N9O4S. The maximum absolute atomic E-state index is 14.4. The van der Waals surface area contributed by atoms with E-state index in [0.717, 1.165) is 23.5 Å². The molecule has 0 bridgehead atoms. The van der Waals surface area contributed by atoms with Crippen molar-refractivity contribution in [2.75, 3.05) is 69.0 Å². The zero-order valence-corrected chi connectivity index (χ0v) is 25.8. The van der Waals surface area contributed by atoms with Crippen LogP contribution in [0.15, 0.2) is 18.3 Å². The fourth-order valence-corrected chi connectivity index (χ4v) is 6.13. The van der Waals surface area contributed by atoms with Crippen LogP contribution in [0.5, 0.6) is 0 Å². The number of urea groups is 1. The number of piperazine rings is 1. The Kier molecular flexibility index (Phi) is 9.02. The molecule has 0 unspecified atom stereocenters. The zero-order valence-electron chi connectivity index (χ0n) is 25.0. The van der Waals surface area contributed by atoms with Crippen molar-refractivity contribution in [2.24, 2.45) is 0 Å². The number of pyridine rings is 1. The maximum atomic E-state index is 14.4. The van der Waals surface area contributed by atoms with E-state index < -0.39 is 27.8 Å². The number of hydrogen-bond acceptors (Lipinski definition) is 9. The van der Waals surface area contributed by atoms with E-state index in [1.54, 1.807) is 18.4 Å². The van der Waals surface area contributed by atoms with Crippen molar-refractivity contribution in [3.63, 3.8) is 0 Å². The van der Waals surface area contributed by atoms with Crippen LogP contribution >= 0.6 is 0 Å². The number of ether oxygens (including phenoxy) is 1. The Balaban J connectivity index is 1.54. The summed E-state index contributed by atoms with van der Waals surface area (Å²) in [5, 5.41) is 9.47. The first-order valence-corrected chi connectivity index (χ1v) is 16.1. The quantitative estimate of drug-likeness (QED) is 0.400. The third kappa shape index (κ3) is 7.06. The Labute approximate surface area is 253 Å². The van der Waals surface area contributed by atoms with Crippen molar-refractivity contribution < 1.29 is 31.1 Å². The molecule has 2 aliphatic rings. The first-order chi connectivity index (χ1) is 20.7. The number of alkyl halides is 3. The summed E-state index contributed by atoms with van der Waals surface area (Å²) in [6.45, 7) is 9.54. The summed E-state index contributed by atoms with van der Waals surface area (Å²) < 4.78 is 75.6. The molecule has 0 radical (unpaired) electrons. The summed E-state index contributed by atoms with van der Waals surface area (Å²) in [7, 11) is -3.27. The normalized spacial score (nSPS) is 17.4. The predicted molar refractivity (Wildman–Crippen MR) is 158 cm³/mol. The van der Waals surface area contributed by atoms with Gasteiger partial charge in [-0.25, -0.2) is 27.7 Å². The molecule has 0 aromatic carbocycles. The number of fused-ring (bicyclic) bond motifs is 1. The van der Waals surface area contributed by atoms with Crippen molar-refractivity contribution in [1.82, 2.24) is 34.1 Å². The standard InChI is InChI=1S/C27H36F3N9O4S/c1-17(2)32-26(40)33-23-14-21(27(28,29)30)20(15-31-23)24-34-25(37-9-11-43-12-10-37)22-13-19(18(3)39(22)35-24)16-36-5-7-38(8-6-36)44(4,41)42/h13-15,17H,5-12,16H2,1-4H3,(H2,31,32,33,40). The van der Waals surface area contributed by atoms with Crippen molar-refractivity contribution in [3.8, 4) is 11.4 Å². The third-order valence-electron chi connectivity index (χ3n) is 7.57. The Hall–Kier alpha value is -3.54. The molecule has 2 aliphatic heterocycles. The number of morpholine rings is 1. The Morgan fingerprint density at radius 1 is 1.09 bits per heavy atom. The van der Waals surface area contributed by atoms with Crippen LogP contribution in [0.3, 0.4) is 0 Å². The van der Waals surface area contributed by atoms with Crippen molar-refractivity contribution >= 4 is 33.2 Å². The fraction of sp³-hybridized carbons (Fsp3) is 0.556. The number of aryl methyl sites for hydroxylation is 1. The molecule has 0 aliphatic carbocycles. The number of nitrogens with one attached hydrogen (secondary N) is 2. The monoisotopic (exact) mass is 639 g/mol. The van der Waals surface area contributed by atoms with E-state index in [4.69, 9.17) is 4.74 Å². The number of halogens is 3. The molecule has 5 rings (SSSR count). The second kappa shape index (κ2) is 12.5. The predicted octanol–water partition coefficient (Wildman–Crippen LogP) is 2.56. The summed E-state index contributed by atoms with van der Waals surface area (Å²) in [6.07, 6.45) is -2.56. The number of sulfonamides is 1. The summed E-state index contributed by atoms with van der Waals surface area (Å²) in [5.41, 5.74) is 0.921. The first-order valence-electron chi connectivity index (χ1n) is 14.2. The Bertz CT molecular complexity index is 1630. The molecule has 3 aromatic rings. The molecule has 3 aromatic heterocycles. The van der Waals surface area contributed by atoms with Crippen LogP contribution in [0, 0.1) is 6.92 Å². The van der Waals surface area contributed by atoms with Gasteiger partial charge in [0.05, 0.1) is 30.6 Å². The topological polar surface area (TPSA) is 137 Å². The molecule has 2 saturated heterocycles. The van der Waals surface area contributed by atoms with Gasteiger partial charge in [0.25, 0.3) is 0 Å². The van der Waals surface area contributed by atoms with E-state index in [9.17, 15) is 26.4 Å². The highest BCUT2D eigenvalue weighted by Gasteiger charge is 2.36. The molecule has 2 fully saturated rings. The lowest BCUT2D eigenvalue weighted by Gasteiger charge is -2.33. The van der Waals surface area contributed by atoms with Gasteiger partial charge in [-0.2, -0.15) is 17.5 Å². The van der Waals surface area contributed by atoms with Gasteiger partial charge >= 0.3 is 12.2 Å². The number of aromatic nitrogens is 4. The number of carbonyl (C=O) groups excluding carboxylic acids is 1. The van der Waals surface area contributed by atoms with Gasteiger partial charge in [-0.15, -0.1) is 5.10 Å². The molecule has 240 valence electrons. The SMILES string of the molecule is Cc1c(CN2CCN(S(C)(=O)=O)CC2)cc2c(N3CCOCC3)nc(-c3cnc(NC(=O)NC(C)C)cc3C(F)(F)F)nn12. The average molecular weight is 640 g/mol. The van der Waals surface area contributed by atoms with Crippen LogP contribution in [0.2, 0.25) is 0 Å². The van der Waals surface area contributed by atoms with Crippen molar-refractivity contribution in [1.29, 1.82) is 0 Å². The van der Waals surface area contributed by atoms with Crippen molar-refractivity contribution in [3.05, 3.63) is 35.2 Å². The minimum atomic E-state index is -4.79. The molecule has 0 atom stereocenters. The molecule has 44 heavy (non-hydrogen) atoms. The molecule has 17 heteroatoms. The molecule has 5 heterocycles. The summed E-state index contributed by atoms with van der Waals surface area (Å²) in [4.78, 5) is 25.0. The number of rotatable bonds is 7. The number of amides is 2. The molecule has 0 saturated carbocycles. The molecule has 0 spiro atoms. The second-order valence-corrected chi connectivity index (χ2v) is 13.2. The van der Waals surface area contributed by atoms with E-state index in [2.05, 4.69) is 30.6 Å². The van der Waals surface area contributed by atoms with E-state index in [0.29, 0.717) is 70.4 Å². The number of hydrogen-bond donors (Lipinski definition) is 2. The van der Waals surface area contributed by atoms with Gasteiger partial charge in [-0.1, -0.05) is 0 Å². The van der Waals surface area contributed by atoms with Crippen LogP contribution in [-0.4, -0.2) is 108 Å². The highest BCUT2D eigenvalue weighted by Crippen LogP contribution is 2.38. The summed E-state index contributed by atoms with van der Waals surface area (Å²) in [6, 6.07) is 1.83. The number of anilines is 2. The van der Waals surface area contributed by atoms with Gasteiger partial charge in [0.1, 0.15) is 11.3 Å². The first kappa shape index (κ1) is 31.9. The molecule has 2 N–H and O–H groups in total. The van der Waals surface area contributed by atoms with Gasteiger partial charge in [0, 0.05) is 63.7 Å². The van der Waals surface area contributed by atoms with E-state index in [1.165, 1.54) is 10.6 Å². The van der Waals surface area contributed by atoms with Crippen LogP contribution < -0.4 is 15.5 Å². The van der Waals surface area contributed by atoms with Gasteiger partial charge in [0.2, 0.25) is 10.0 Å². The second-order valence-electron chi connectivity index (χ2n) is 11.2. The highest BCUT2D eigenvalue weighted by atomic mass is 32.2. The fourth-order valence-electron chi connectivity index (χ4n) is 5.30. The maximum Gasteiger partial charge on any atom is 0.417 e. The minimum absolute atomic E-state index is 0.163. The Morgan fingerprint density at radius 3 is 2.39 bits per heavy atom. The largest absolute Gasteiger partial charge is 0.417 e. The van der Waals surface area contributed by atoms with E-state index >= 15 is 0 Å². The van der Waals surface area contributed by atoms with Crippen LogP contribution in [0.1, 0.15) is 30.7 Å². The third-order valence-corrected chi connectivity index (χ3v) is 8.88. The summed E-state index contributed by atoms with van der Waals surface area (Å²) in [5.74, 6) is 0.0503. The number of carbonyl (C=O) groups is 1. The zero-order chi connectivity index (χ0) is 31.8. The summed E-state index contributed by atoms with van der Waals surface area (Å²) >= 11 is 0. The van der Waals surface area contributed by atoms with Gasteiger partial charge in [0.15, 0.2) is 11.6 Å². The van der Waals surface area contributed by atoms with Gasteiger partial charge < -0.3 is 15.0 Å². The van der Waals surface area contributed by atoms with Crippen molar-refractivity contribution in [2.45, 2.75) is 39.5 Å². The Morgan fingerprint density at radius 2 is 1.77 bits per heavy atom. The van der Waals surface area contributed by atoms with Crippen LogP contribution in [-0.2, 0) is 27.5 Å². The minimum Gasteiger partial charge on any atom is -0.378 e. The average Bonchev–Trinajstić information content (AvgIpc) is 3.26. The smallest absolute Gasteiger partial charge is 0.378 e. The lowest BCUT2D eigenvalue weighted by molar-refractivity contribution is -0.137.